The fourth-order valence-electron chi connectivity index (χ4n) is 2.39. The molecule has 5 nitrogen and oxygen atoms in total. The Morgan fingerprint density at radius 3 is 2.60 bits per heavy atom. The van der Waals surface area contributed by atoms with Gasteiger partial charge in [0.15, 0.2) is 6.10 Å². The Morgan fingerprint density at radius 1 is 1.35 bits per heavy atom. The van der Waals surface area contributed by atoms with Crippen LogP contribution in [0.2, 0.25) is 0 Å². The first-order chi connectivity index (χ1) is 9.49. The van der Waals surface area contributed by atoms with Gasteiger partial charge in [-0.2, -0.15) is 0 Å². The molecule has 0 aromatic heterocycles. The summed E-state index contributed by atoms with van der Waals surface area (Å²) >= 11 is 0. The van der Waals surface area contributed by atoms with Gasteiger partial charge in [-0.1, -0.05) is 17.7 Å². The third-order valence-electron chi connectivity index (χ3n) is 3.50. The van der Waals surface area contributed by atoms with E-state index in [1.165, 1.54) is 4.90 Å². The van der Waals surface area contributed by atoms with E-state index in [1.54, 1.807) is 19.1 Å². The number of hydrogen-bond acceptors (Lipinski definition) is 3. The molecule has 2 atom stereocenters. The third-order valence-corrected chi connectivity index (χ3v) is 3.50. The van der Waals surface area contributed by atoms with Crippen molar-refractivity contribution >= 4 is 11.9 Å². The first-order valence-electron chi connectivity index (χ1n) is 6.75. The highest BCUT2D eigenvalue weighted by Gasteiger charge is 2.36. The predicted octanol–water partition coefficient (Wildman–Crippen LogP) is 1.84. The van der Waals surface area contributed by atoms with Crippen LogP contribution in [0.1, 0.15) is 25.3 Å². The summed E-state index contributed by atoms with van der Waals surface area (Å²) in [6.45, 7) is 4.11. The molecule has 1 N–H and O–H groups in total. The normalized spacial score (nSPS) is 19.7. The van der Waals surface area contributed by atoms with Crippen LogP contribution in [0.3, 0.4) is 0 Å². The summed E-state index contributed by atoms with van der Waals surface area (Å²) < 4.78 is 5.59. The fraction of sp³-hybridized carbons (Fsp3) is 0.467. The molecule has 20 heavy (non-hydrogen) atoms. The molecule has 108 valence electrons. The number of hydrogen-bond donors (Lipinski definition) is 1. The second-order valence-electron chi connectivity index (χ2n) is 5.10. The molecule has 1 aromatic rings. The number of aliphatic carboxylic acids is 1. The van der Waals surface area contributed by atoms with E-state index in [1.807, 2.05) is 19.1 Å². The molecule has 1 aliphatic heterocycles. The Bertz CT molecular complexity index is 497. The van der Waals surface area contributed by atoms with Crippen LogP contribution in [0, 0.1) is 6.92 Å². The van der Waals surface area contributed by atoms with Gasteiger partial charge < -0.3 is 14.7 Å². The zero-order chi connectivity index (χ0) is 14.7. The minimum Gasteiger partial charge on any atom is -0.481 e. The zero-order valence-corrected chi connectivity index (χ0v) is 11.7. The summed E-state index contributed by atoms with van der Waals surface area (Å²) in [5.74, 6) is -0.601. The van der Waals surface area contributed by atoms with Crippen molar-refractivity contribution in [3.05, 3.63) is 29.8 Å². The SMILES string of the molecule is Cc1ccc(O[C@H](C)C(=O)N2CCC[C@H]2C(=O)O)cc1. The first-order valence-corrected chi connectivity index (χ1v) is 6.75. The Hall–Kier alpha value is -2.04. The summed E-state index contributed by atoms with van der Waals surface area (Å²) in [7, 11) is 0. The molecule has 2 rings (SSSR count). The van der Waals surface area contributed by atoms with Gasteiger partial charge in [-0.3, -0.25) is 4.79 Å². The molecule has 0 bridgehead atoms. The number of amides is 1. The summed E-state index contributed by atoms with van der Waals surface area (Å²) in [6.07, 6.45) is 0.552. The number of carbonyl (C=O) groups is 2. The monoisotopic (exact) mass is 277 g/mol. The number of nitrogens with zero attached hydrogens (tertiary/aromatic N) is 1. The van der Waals surface area contributed by atoms with E-state index in [0.29, 0.717) is 18.7 Å². The summed E-state index contributed by atoms with van der Waals surface area (Å²) in [4.78, 5) is 24.8. The average molecular weight is 277 g/mol. The predicted molar refractivity (Wildman–Crippen MR) is 73.6 cm³/mol. The van der Waals surface area contributed by atoms with Gasteiger partial charge in [-0.05, 0) is 38.8 Å². The molecule has 1 amide bonds. The molecule has 0 aliphatic carbocycles. The van der Waals surface area contributed by atoms with Crippen LogP contribution in [-0.4, -0.2) is 40.6 Å². The van der Waals surface area contributed by atoms with Crippen molar-refractivity contribution in [2.45, 2.75) is 38.8 Å². The number of rotatable bonds is 4. The summed E-state index contributed by atoms with van der Waals surface area (Å²) in [6, 6.07) is 6.70. The number of benzene rings is 1. The van der Waals surface area contributed by atoms with E-state index in [-0.39, 0.29) is 5.91 Å². The van der Waals surface area contributed by atoms with Gasteiger partial charge in [0.05, 0.1) is 0 Å². The van der Waals surface area contributed by atoms with E-state index in [2.05, 4.69) is 0 Å². The van der Waals surface area contributed by atoms with Crippen LogP contribution < -0.4 is 4.74 Å². The molecule has 1 heterocycles. The smallest absolute Gasteiger partial charge is 0.326 e. The third kappa shape index (κ3) is 3.10. The maximum absolute atomic E-state index is 12.3. The lowest BCUT2D eigenvalue weighted by atomic mass is 10.2. The lowest BCUT2D eigenvalue weighted by Gasteiger charge is -2.25. The van der Waals surface area contributed by atoms with E-state index >= 15 is 0 Å². The number of carbonyl (C=O) groups excluding carboxylic acids is 1. The van der Waals surface area contributed by atoms with Crippen molar-refractivity contribution in [3.8, 4) is 5.75 Å². The lowest BCUT2D eigenvalue weighted by Crippen LogP contribution is -2.46. The second kappa shape index (κ2) is 5.94. The topological polar surface area (TPSA) is 66.8 Å². The highest BCUT2D eigenvalue weighted by atomic mass is 16.5. The Morgan fingerprint density at radius 2 is 2.00 bits per heavy atom. The van der Waals surface area contributed by atoms with Crippen molar-refractivity contribution in [1.29, 1.82) is 0 Å². The Labute approximate surface area is 118 Å². The van der Waals surface area contributed by atoms with Gasteiger partial charge in [-0.25, -0.2) is 4.79 Å². The van der Waals surface area contributed by atoms with Gasteiger partial charge in [0, 0.05) is 6.54 Å². The number of carboxylic acids is 1. The van der Waals surface area contributed by atoms with E-state index in [0.717, 1.165) is 12.0 Å². The Balaban J connectivity index is 2.01. The van der Waals surface area contributed by atoms with Gasteiger partial charge in [0.25, 0.3) is 5.91 Å². The molecule has 1 saturated heterocycles. The van der Waals surface area contributed by atoms with E-state index in [9.17, 15) is 9.59 Å². The molecule has 0 radical (unpaired) electrons. The molecule has 1 fully saturated rings. The number of likely N-dealkylation sites (tertiary alicyclic amines) is 1. The van der Waals surface area contributed by atoms with Crippen LogP contribution in [0.4, 0.5) is 0 Å². The molecular weight excluding hydrogens is 258 g/mol. The number of aryl methyl sites for hydroxylation is 1. The minimum atomic E-state index is -0.946. The van der Waals surface area contributed by atoms with Crippen LogP contribution in [0.25, 0.3) is 0 Å². The average Bonchev–Trinajstić information content (AvgIpc) is 2.90. The number of carboxylic acid groups (broad SMARTS) is 1. The lowest BCUT2D eigenvalue weighted by molar-refractivity contribution is -0.150. The van der Waals surface area contributed by atoms with Crippen molar-refractivity contribution in [3.63, 3.8) is 0 Å². The van der Waals surface area contributed by atoms with Crippen LogP contribution in [0.5, 0.6) is 5.75 Å². The van der Waals surface area contributed by atoms with E-state index < -0.39 is 18.1 Å². The molecule has 0 unspecified atom stereocenters. The molecular formula is C15H19NO4. The van der Waals surface area contributed by atoms with Crippen LogP contribution in [0.15, 0.2) is 24.3 Å². The fourth-order valence-corrected chi connectivity index (χ4v) is 2.39. The highest BCUT2D eigenvalue weighted by molar-refractivity contribution is 5.87. The maximum Gasteiger partial charge on any atom is 0.326 e. The second-order valence-corrected chi connectivity index (χ2v) is 5.10. The van der Waals surface area contributed by atoms with Crippen molar-refractivity contribution < 1.29 is 19.4 Å². The molecule has 1 aromatic carbocycles. The standard InChI is InChI=1S/C15H19NO4/c1-10-5-7-12(8-6-10)20-11(2)14(17)16-9-3-4-13(16)15(18)19/h5-8,11,13H,3-4,9H2,1-2H3,(H,18,19)/t11-,13+/m1/s1. The van der Waals surface area contributed by atoms with Crippen molar-refractivity contribution in [2.75, 3.05) is 6.54 Å². The van der Waals surface area contributed by atoms with Crippen molar-refractivity contribution in [1.82, 2.24) is 4.90 Å². The Kier molecular flexibility index (Phi) is 4.27. The van der Waals surface area contributed by atoms with Gasteiger partial charge in [-0.15, -0.1) is 0 Å². The van der Waals surface area contributed by atoms with Gasteiger partial charge >= 0.3 is 5.97 Å². The number of ether oxygens (including phenoxy) is 1. The summed E-state index contributed by atoms with van der Waals surface area (Å²) in [5, 5.41) is 9.10. The zero-order valence-electron chi connectivity index (χ0n) is 11.7. The van der Waals surface area contributed by atoms with Gasteiger partial charge in [0.2, 0.25) is 0 Å². The van der Waals surface area contributed by atoms with Crippen molar-refractivity contribution in [2.24, 2.45) is 0 Å². The molecule has 5 heteroatoms. The minimum absolute atomic E-state index is 0.268. The van der Waals surface area contributed by atoms with Crippen LogP contribution >= 0.6 is 0 Å². The summed E-state index contributed by atoms with van der Waals surface area (Å²) in [5.41, 5.74) is 1.11. The molecule has 0 spiro atoms. The van der Waals surface area contributed by atoms with E-state index in [4.69, 9.17) is 9.84 Å². The maximum atomic E-state index is 12.3. The molecule has 0 saturated carbocycles. The quantitative estimate of drug-likeness (QED) is 0.912. The highest BCUT2D eigenvalue weighted by Crippen LogP contribution is 2.20. The first kappa shape index (κ1) is 14.4. The largest absolute Gasteiger partial charge is 0.481 e. The molecule has 1 aliphatic rings. The van der Waals surface area contributed by atoms with Crippen LogP contribution in [-0.2, 0) is 9.59 Å². The van der Waals surface area contributed by atoms with Gasteiger partial charge in [0.1, 0.15) is 11.8 Å².